The number of halogens is 1. The molecule has 0 fully saturated rings. The van der Waals surface area contributed by atoms with Gasteiger partial charge in [-0.3, -0.25) is 14.5 Å². The fourth-order valence-electron chi connectivity index (χ4n) is 2.91. The lowest BCUT2D eigenvalue weighted by Crippen LogP contribution is -2.16. The molecule has 0 aliphatic rings. The molecule has 30 heavy (non-hydrogen) atoms. The molecule has 0 radical (unpaired) electrons. The summed E-state index contributed by atoms with van der Waals surface area (Å²) in [6.45, 7) is 2.29. The van der Waals surface area contributed by atoms with Crippen molar-refractivity contribution in [2.24, 2.45) is 0 Å². The number of carbonyl (C=O) groups excluding carboxylic acids is 1. The topological polar surface area (TPSA) is 106 Å². The maximum absolute atomic E-state index is 14.2. The Morgan fingerprint density at radius 1 is 1.23 bits per heavy atom. The Bertz CT molecular complexity index is 1230. The zero-order valence-electron chi connectivity index (χ0n) is 15.9. The number of nitrogens with one attached hydrogen (secondary N) is 2. The van der Waals surface area contributed by atoms with Gasteiger partial charge in [0.1, 0.15) is 12.1 Å². The molecule has 0 unspecified atom stereocenters. The molecular formula is C19H17FN8OS. The van der Waals surface area contributed by atoms with Gasteiger partial charge in [-0.05, 0) is 47.8 Å². The summed E-state index contributed by atoms with van der Waals surface area (Å²) >= 11 is 5.30. The van der Waals surface area contributed by atoms with Crippen molar-refractivity contribution in [1.29, 1.82) is 0 Å². The number of anilines is 1. The Balaban J connectivity index is 1.48. The van der Waals surface area contributed by atoms with Crippen molar-refractivity contribution >= 4 is 23.8 Å². The fourth-order valence-corrected chi connectivity index (χ4v) is 3.13. The molecule has 2 heterocycles. The summed E-state index contributed by atoms with van der Waals surface area (Å²) in [7, 11) is 0. The van der Waals surface area contributed by atoms with E-state index in [1.807, 2.05) is 31.2 Å². The van der Waals surface area contributed by atoms with Crippen LogP contribution in [0.4, 0.5) is 10.1 Å². The highest BCUT2D eigenvalue weighted by atomic mass is 32.1. The summed E-state index contributed by atoms with van der Waals surface area (Å²) in [5.74, 6) is -0.277. The molecule has 9 nitrogen and oxygen atoms in total. The monoisotopic (exact) mass is 424 g/mol. The molecule has 4 rings (SSSR count). The highest BCUT2D eigenvalue weighted by Gasteiger charge is 2.13. The van der Waals surface area contributed by atoms with Crippen LogP contribution >= 0.6 is 12.2 Å². The minimum absolute atomic E-state index is 0.0440. The van der Waals surface area contributed by atoms with Crippen molar-refractivity contribution in [3.63, 3.8) is 0 Å². The van der Waals surface area contributed by atoms with E-state index in [1.54, 1.807) is 4.57 Å². The van der Waals surface area contributed by atoms with Crippen LogP contribution in [0.15, 0.2) is 48.8 Å². The summed E-state index contributed by atoms with van der Waals surface area (Å²) in [6, 6.07) is 12.1. The second-order valence-corrected chi connectivity index (χ2v) is 6.97. The highest BCUT2D eigenvalue weighted by molar-refractivity contribution is 7.71. The number of aromatic amines is 1. The molecule has 0 saturated heterocycles. The Kier molecular flexibility index (Phi) is 5.44. The second-order valence-electron chi connectivity index (χ2n) is 6.59. The maximum Gasteiger partial charge on any atom is 0.226 e. The Hall–Kier alpha value is -3.73. The number of tetrazole rings is 1. The van der Waals surface area contributed by atoms with Gasteiger partial charge in [0.2, 0.25) is 5.91 Å². The van der Waals surface area contributed by atoms with Gasteiger partial charge in [-0.25, -0.2) is 9.07 Å². The van der Waals surface area contributed by atoms with Gasteiger partial charge in [-0.15, -0.1) is 5.10 Å². The van der Waals surface area contributed by atoms with Gasteiger partial charge in [0.25, 0.3) is 0 Å². The first kappa shape index (κ1) is 19.6. The lowest BCUT2D eigenvalue weighted by molar-refractivity contribution is -0.116. The minimum atomic E-state index is -0.555. The number of hydrogen-bond acceptors (Lipinski definition) is 6. The normalized spacial score (nSPS) is 10.9. The van der Waals surface area contributed by atoms with Crippen LogP contribution in [-0.4, -0.2) is 40.9 Å². The molecule has 2 aromatic heterocycles. The maximum atomic E-state index is 14.2. The average molecular weight is 424 g/mol. The van der Waals surface area contributed by atoms with Crippen LogP contribution in [0, 0.1) is 17.5 Å². The van der Waals surface area contributed by atoms with E-state index in [0.717, 1.165) is 11.1 Å². The first-order chi connectivity index (χ1) is 14.5. The average Bonchev–Trinajstić information content (AvgIpc) is 3.39. The van der Waals surface area contributed by atoms with Crippen molar-refractivity contribution < 1.29 is 9.18 Å². The van der Waals surface area contributed by atoms with E-state index in [-0.39, 0.29) is 18.0 Å². The first-order valence-electron chi connectivity index (χ1n) is 9.06. The number of aryl methyl sites for hydroxylation is 1. The Morgan fingerprint density at radius 2 is 2.03 bits per heavy atom. The molecular weight excluding hydrogens is 407 g/mol. The number of hydrogen-bond donors (Lipinski definition) is 2. The molecule has 0 bridgehead atoms. The van der Waals surface area contributed by atoms with Gasteiger partial charge in [-0.1, -0.05) is 29.8 Å². The summed E-state index contributed by atoms with van der Waals surface area (Å²) < 4.78 is 17.7. The zero-order valence-corrected chi connectivity index (χ0v) is 16.7. The van der Waals surface area contributed by atoms with Crippen LogP contribution in [0.1, 0.15) is 12.0 Å². The molecule has 0 saturated carbocycles. The van der Waals surface area contributed by atoms with E-state index in [0.29, 0.717) is 22.8 Å². The predicted octanol–water partition coefficient (Wildman–Crippen LogP) is 3.06. The minimum Gasteiger partial charge on any atom is -0.323 e. The van der Waals surface area contributed by atoms with Crippen LogP contribution < -0.4 is 5.32 Å². The molecule has 4 aromatic rings. The Labute approximate surface area is 175 Å². The van der Waals surface area contributed by atoms with Gasteiger partial charge in [-0.2, -0.15) is 5.10 Å². The van der Waals surface area contributed by atoms with E-state index in [4.69, 9.17) is 12.2 Å². The van der Waals surface area contributed by atoms with Crippen LogP contribution in [0.5, 0.6) is 0 Å². The van der Waals surface area contributed by atoms with E-state index in [2.05, 4.69) is 31.0 Å². The van der Waals surface area contributed by atoms with E-state index >= 15 is 0 Å². The third-order valence-electron chi connectivity index (χ3n) is 4.47. The van der Waals surface area contributed by atoms with Gasteiger partial charge in [0, 0.05) is 18.5 Å². The molecule has 11 heteroatoms. The van der Waals surface area contributed by atoms with Crippen molar-refractivity contribution in [3.05, 3.63) is 64.9 Å². The number of benzene rings is 2. The van der Waals surface area contributed by atoms with Crippen molar-refractivity contribution in [2.75, 3.05) is 5.32 Å². The molecule has 2 N–H and O–H groups in total. The molecule has 2 aromatic carbocycles. The largest absolute Gasteiger partial charge is 0.323 e. The lowest BCUT2D eigenvalue weighted by atomic mass is 10.1. The fraction of sp³-hybridized carbons (Fsp3) is 0.158. The molecule has 0 aliphatic carbocycles. The van der Waals surface area contributed by atoms with Crippen molar-refractivity contribution in [2.45, 2.75) is 19.9 Å². The summed E-state index contributed by atoms with van der Waals surface area (Å²) in [4.78, 5) is 12.5. The predicted molar refractivity (Wildman–Crippen MR) is 110 cm³/mol. The summed E-state index contributed by atoms with van der Waals surface area (Å²) in [5.41, 5.74) is 2.58. The van der Waals surface area contributed by atoms with Crippen LogP contribution in [0.3, 0.4) is 0 Å². The van der Waals surface area contributed by atoms with E-state index < -0.39 is 5.82 Å². The second kappa shape index (κ2) is 8.33. The van der Waals surface area contributed by atoms with Crippen molar-refractivity contribution in [3.8, 4) is 17.1 Å². The molecule has 1 amide bonds. The molecule has 152 valence electrons. The van der Waals surface area contributed by atoms with Gasteiger partial charge < -0.3 is 5.32 Å². The first-order valence-corrected chi connectivity index (χ1v) is 9.47. The summed E-state index contributed by atoms with van der Waals surface area (Å²) in [6.07, 6.45) is 1.47. The van der Waals surface area contributed by atoms with Crippen LogP contribution in [0.25, 0.3) is 17.1 Å². The highest BCUT2D eigenvalue weighted by Crippen LogP contribution is 2.20. The number of H-pyrrole nitrogens is 1. The number of amides is 1. The van der Waals surface area contributed by atoms with Crippen LogP contribution in [-0.2, 0) is 11.3 Å². The number of rotatable bonds is 6. The number of aromatic nitrogens is 7. The molecule has 0 atom stereocenters. The quantitative estimate of drug-likeness (QED) is 0.461. The SMILES string of the molecule is Cc1ccc(-c2n[nH]c(=S)n2CCC(=O)Nc2cc(-n3cnnn3)ccc2F)cc1. The van der Waals surface area contributed by atoms with Gasteiger partial charge in [0.05, 0.1) is 11.4 Å². The third-order valence-corrected chi connectivity index (χ3v) is 4.78. The van der Waals surface area contributed by atoms with Crippen molar-refractivity contribution in [1.82, 2.24) is 35.0 Å². The number of nitrogens with zero attached hydrogens (tertiary/aromatic N) is 6. The van der Waals surface area contributed by atoms with E-state index in [1.165, 1.54) is 29.2 Å². The molecule has 0 aliphatic heterocycles. The summed E-state index contributed by atoms with van der Waals surface area (Å²) in [5, 5.41) is 20.5. The van der Waals surface area contributed by atoms with E-state index in [9.17, 15) is 9.18 Å². The zero-order chi connectivity index (χ0) is 21.1. The smallest absolute Gasteiger partial charge is 0.226 e. The molecule has 0 spiro atoms. The van der Waals surface area contributed by atoms with Gasteiger partial charge in [0.15, 0.2) is 10.6 Å². The third kappa shape index (κ3) is 4.15. The van der Waals surface area contributed by atoms with Crippen LogP contribution in [0.2, 0.25) is 0 Å². The number of carbonyl (C=O) groups is 1. The van der Waals surface area contributed by atoms with Gasteiger partial charge >= 0.3 is 0 Å². The Morgan fingerprint density at radius 3 is 2.77 bits per heavy atom. The standard InChI is InChI=1S/C19H17FN8OS/c1-12-2-4-13(5-3-12)18-23-24-19(30)27(18)9-8-17(29)22-16-10-14(6-7-15(16)20)28-11-21-25-26-28/h2-7,10-11H,8-9H2,1H3,(H,22,29)(H,24,30). The lowest BCUT2D eigenvalue weighted by Gasteiger charge is -2.10.